The van der Waals surface area contributed by atoms with Crippen LogP contribution in [-0.2, 0) is 12.0 Å². The van der Waals surface area contributed by atoms with Crippen LogP contribution in [0.3, 0.4) is 0 Å². The van der Waals surface area contributed by atoms with Crippen LogP contribution in [0.1, 0.15) is 30.5 Å². The zero-order valence-corrected chi connectivity index (χ0v) is 20.4. The summed E-state index contributed by atoms with van der Waals surface area (Å²) >= 11 is 0. The second-order valence-corrected chi connectivity index (χ2v) is 9.78. The van der Waals surface area contributed by atoms with Crippen LogP contribution in [0, 0.1) is 10.1 Å². The molecule has 3 aromatic carbocycles. The fraction of sp³-hybridized carbons (Fsp3) is 0.241. The fourth-order valence-corrected chi connectivity index (χ4v) is 5.14. The lowest BCUT2D eigenvalue weighted by atomic mass is 9.76. The van der Waals surface area contributed by atoms with Gasteiger partial charge in [0, 0.05) is 43.2 Å². The Labute approximate surface area is 205 Å². The molecule has 3 aromatic rings. The van der Waals surface area contributed by atoms with Crippen molar-refractivity contribution in [1.82, 2.24) is 0 Å². The minimum Gasteiger partial charge on any atom is -0.463 e. The molecule has 0 N–H and O–H groups in total. The lowest BCUT2D eigenvalue weighted by molar-refractivity contribution is -0.385. The van der Waals surface area contributed by atoms with Crippen molar-refractivity contribution in [3.05, 3.63) is 112 Å². The summed E-state index contributed by atoms with van der Waals surface area (Å²) in [6, 6.07) is 21.6. The molecule has 6 nitrogen and oxygen atoms in total. The molecule has 1 unspecified atom stereocenters. The molecule has 0 amide bonds. The molecule has 0 fully saturated rings. The maximum Gasteiger partial charge on any atom is 0.270 e. The third-order valence-corrected chi connectivity index (χ3v) is 7.14. The molecule has 0 radical (unpaired) electrons. The minimum atomic E-state index is -0.765. The van der Waals surface area contributed by atoms with E-state index in [2.05, 4.69) is 72.2 Å². The molecule has 0 bridgehead atoms. The van der Waals surface area contributed by atoms with Gasteiger partial charge in [-0.1, -0.05) is 48.6 Å². The normalized spacial score (nSPS) is 19.8. The van der Waals surface area contributed by atoms with Crippen LogP contribution in [0.25, 0.3) is 6.08 Å². The number of nitrogens with zero attached hydrogens (tertiary/aromatic N) is 3. The molecule has 0 aliphatic carbocycles. The number of benzene rings is 3. The van der Waals surface area contributed by atoms with Gasteiger partial charge in [-0.05, 0) is 55.3 Å². The zero-order valence-electron chi connectivity index (χ0n) is 20.4. The fourth-order valence-electron chi connectivity index (χ4n) is 5.14. The van der Waals surface area contributed by atoms with Crippen LogP contribution in [0.5, 0.6) is 5.75 Å². The Bertz CT molecular complexity index is 1340. The number of non-ortho nitro benzene ring substituents is 1. The van der Waals surface area contributed by atoms with E-state index < -0.39 is 5.72 Å². The molecule has 0 saturated heterocycles. The highest BCUT2D eigenvalue weighted by Gasteiger charge is 2.59. The van der Waals surface area contributed by atoms with E-state index in [1.165, 1.54) is 11.6 Å². The van der Waals surface area contributed by atoms with E-state index in [9.17, 15) is 10.1 Å². The maximum atomic E-state index is 11.4. The number of nitro groups is 1. The van der Waals surface area contributed by atoms with E-state index in [1.54, 1.807) is 12.1 Å². The third kappa shape index (κ3) is 3.66. The molecular formula is C29H29N3O3. The van der Waals surface area contributed by atoms with Gasteiger partial charge in [-0.2, -0.15) is 0 Å². The Hall–Kier alpha value is -4.06. The number of nitro benzene ring substituents is 1. The number of fused-ring (bicyclic) bond motifs is 4. The number of anilines is 2. The third-order valence-electron chi connectivity index (χ3n) is 7.14. The van der Waals surface area contributed by atoms with Crippen molar-refractivity contribution < 1.29 is 9.66 Å². The predicted molar refractivity (Wildman–Crippen MR) is 141 cm³/mol. The largest absolute Gasteiger partial charge is 0.463 e. The van der Waals surface area contributed by atoms with Gasteiger partial charge in [0.25, 0.3) is 5.69 Å². The van der Waals surface area contributed by atoms with Gasteiger partial charge in [0.15, 0.2) is 0 Å². The molecular weight excluding hydrogens is 438 g/mol. The highest BCUT2D eigenvalue weighted by atomic mass is 16.6. The van der Waals surface area contributed by atoms with Crippen LogP contribution in [0.4, 0.5) is 17.1 Å². The number of para-hydroxylation sites is 1. The summed E-state index contributed by atoms with van der Waals surface area (Å²) in [5.74, 6) is 0.681. The summed E-state index contributed by atoms with van der Waals surface area (Å²) in [4.78, 5) is 15.3. The molecule has 5 rings (SSSR count). The molecule has 2 aliphatic heterocycles. The average molecular weight is 468 g/mol. The molecule has 6 heteroatoms. The topological polar surface area (TPSA) is 58.9 Å². The van der Waals surface area contributed by atoms with Crippen molar-refractivity contribution in [2.45, 2.75) is 31.5 Å². The van der Waals surface area contributed by atoms with Crippen LogP contribution in [0.2, 0.25) is 0 Å². The smallest absolute Gasteiger partial charge is 0.270 e. The quantitative estimate of drug-likeness (QED) is 0.250. The minimum absolute atomic E-state index is 0.0744. The van der Waals surface area contributed by atoms with Crippen molar-refractivity contribution in [2.24, 2.45) is 0 Å². The Balaban J connectivity index is 1.53. The van der Waals surface area contributed by atoms with Gasteiger partial charge in [-0.25, -0.2) is 0 Å². The highest BCUT2D eigenvalue weighted by molar-refractivity contribution is 5.70. The molecule has 178 valence electrons. The Morgan fingerprint density at radius 3 is 2.49 bits per heavy atom. The van der Waals surface area contributed by atoms with Gasteiger partial charge < -0.3 is 14.5 Å². The van der Waals surface area contributed by atoms with E-state index in [4.69, 9.17) is 4.74 Å². The van der Waals surface area contributed by atoms with Crippen molar-refractivity contribution >= 4 is 23.1 Å². The van der Waals surface area contributed by atoms with Gasteiger partial charge in [0.05, 0.1) is 16.9 Å². The molecule has 0 spiro atoms. The summed E-state index contributed by atoms with van der Waals surface area (Å²) in [7, 11) is 4.06. The maximum absolute atomic E-state index is 11.4. The van der Waals surface area contributed by atoms with Gasteiger partial charge in [-0.3, -0.25) is 10.1 Å². The second kappa shape index (κ2) is 8.31. The van der Waals surface area contributed by atoms with E-state index >= 15 is 0 Å². The summed E-state index contributed by atoms with van der Waals surface area (Å²) in [5.41, 5.74) is 4.31. The standard InChI is InChI=1S/C29H29N3O3/c1-28(2)25-10-5-6-11-26(25)31-20-22-19-24(32(33)34)16-17-27(22)35-29(28,31)18-8-7-9-21-12-14-23(15-13-21)30(3)4/h5-19H,20H2,1-4H3/b9-7+,18-8+. The summed E-state index contributed by atoms with van der Waals surface area (Å²) in [5, 5.41) is 11.4. The molecule has 1 atom stereocenters. The highest BCUT2D eigenvalue weighted by Crippen LogP contribution is 2.56. The first-order valence-electron chi connectivity index (χ1n) is 11.7. The summed E-state index contributed by atoms with van der Waals surface area (Å²) < 4.78 is 6.75. The second-order valence-electron chi connectivity index (χ2n) is 9.78. The zero-order chi connectivity index (χ0) is 24.8. The first kappa shape index (κ1) is 22.7. The van der Waals surface area contributed by atoms with E-state index in [1.807, 2.05) is 38.4 Å². The van der Waals surface area contributed by atoms with Crippen LogP contribution >= 0.6 is 0 Å². The average Bonchev–Trinajstić information content (AvgIpc) is 3.04. The summed E-state index contributed by atoms with van der Waals surface area (Å²) in [6.07, 6.45) is 8.26. The first-order chi connectivity index (χ1) is 16.7. The number of allylic oxidation sites excluding steroid dienone is 2. The van der Waals surface area contributed by atoms with Crippen LogP contribution < -0.4 is 14.5 Å². The molecule has 2 heterocycles. The van der Waals surface area contributed by atoms with E-state index in [-0.39, 0.29) is 16.0 Å². The van der Waals surface area contributed by atoms with Gasteiger partial charge >= 0.3 is 0 Å². The number of hydrogen-bond acceptors (Lipinski definition) is 5. The van der Waals surface area contributed by atoms with Crippen LogP contribution in [-0.4, -0.2) is 24.7 Å². The lowest BCUT2D eigenvalue weighted by Crippen LogP contribution is -2.60. The number of rotatable bonds is 5. The Kier molecular flexibility index (Phi) is 5.39. The molecule has 35 heavy (non-hydrogen) atoms. The van der Waals surface area contributed by atoms with E-state index in [0.717, 1.165) is 22.5 Å². The van der Waals surface area contributed by atoms with Gasteiger partial charge in [0.2, 0.25) is 5.72 Å². The number of ether oxygens (including phenoxy) is 1. The van der Waals surface area contributed by atoms with Crippen LogP contribution in [0.15, 0.2) is 85.0 Å². The first-order valence-corrected chi connectivity index (χ1v) is 11.7. The monoisotopic (exact) mass is 467 g/mol. The molecule has 2 aliphatic rings. The lowest BCUT2D eigenvalue weighted by Gasteiger charge is -2.48. The van der Waals surface area contributed by atoms with Crippen molar-refractivity contribution in [3.8, 4) is 5.75 Å². The SMILES string of the molecule is CN(C)c1ccc(/C=C/C=C/C23Oc4ccc([N+](=O)[O-])cc4CN2c2ccccc2C3(C)C)cc1. The number of hydrogen-bond donors (Lipinski definition) is 0. The Morgan fingerprint density at radius 2 is 1.77 bits per heavy atom. The van der Waals surface area contributed by atoms with Crippen molar-refractivity contribution in [1.29, 1.82) is 0 Å². The van der Waals surface area contributed by atoms with E-state index in [0.29, 0.717) is 12.3 Å². The van der Waals surface area contributed by atoms with Gasteiger partial charge in [-0.15, -0.1) is 0 Å². The van der Waals surface area contributed by atoms with Gasteiger partial charge in [0.1, 0.15) is 5.75 Å². The van der Waals surface area contributed by atoms with Crippen molar-refractivity contribution in [2.75, 3.05) is 23.9 Å². The summed E-state index contributed by atoms with van der Waals surface area (Å²) in [6.45, 7) is 4.91. The predicted octanol–water partition coefficient (Wildman–Crippen LogP) is 6.32. The van der Waals surface area contributed by atoms with Crippen molar-refractivity contribution in [3.63, 3.8) is 0 Å². The molecule has 0 saturated carbocycles. The molecule has 0 aromatic heterocycles. The Morgan fingerprint density at radius 1 is 1.03 bits per heavy atom.